The Bertz CT molecular complexity index is 1050. The van der Waals surface area contributed by atoms with Gasteiger partial charge in [-0.25, -0.2) is 14.4 Å². The third kappa shape index (κ3) is 2.76. The second kappa shape index (κ2) is 6.47. The first-order valence-electron chi connectivity index (χ1n) is 9.01. The van der Waals surface area contributed by atoms with Crippen molar-refractivity contribution in [3.8, 4) is 0 Å². The average Bonchev–Trinajstić information content (AvgIpc) is 3.08. The maximum absolute atomic E-state index is 13.6. The molecule has 4 N–H and O–H groups in total. The Kier molecular flexibility index (Phi) is 4.21. The fourth-order valence-corrected chi connectivity index (χ4v) is 3.44. The molecule has 2 aliphatic heterocycles. The van der Waals surface area contributed by atoms with Crippen LogP contribution in [0.1, 0.15) is 19.5 Å². The van der Waals surface area contributed by atoms with Crippen LogP contribution in [0.25, 0.3) is 5.70 Å². The molecule has 4 rings (SSSR count). The zero-order chi connectivity index (χ0) is 19.9. The summed E-state index contributed by atoms with van der Waals surface area (Å²) < 4.78 is 13.8. The molecule has 1 aromatic carbocycles. The van der Waals surface area contributed by atoms with Crippen molar-refractivity contribution in [2.75, 3.05) is 12.3 Å². The van der Waals surface area contributed by atoms with E-state index in [1.807, 2.05) is 12.3 Å². The number of rotatable bonds is 4. The lowest BCUT2D eigenvalue weighted by Gasteiger charge is -2.35. The molecule has 1 unspecified atom stereocenters. The lowest BCUT2D eigenvalue weighted by molar-refractivity contribution is 0.469. The van der Waals surface area contributed by atoms with Crippen LogP contribution in [0.4, 0.5) is 16.0 Å². The van der Waals surface area contributed by atoms with Crippen LogP contribution in [0.5, 0.6) is 0 Å². The molecule has 3 heterocycles. The van der Waals surface area contributed by atoms with E-state index in [0.717, 1.165) is 22.8 Å². The molecule has 1 aromatic heterocycles. The number of amidine groups is 1. The van der Waals surface area contributed by atoms with E-state index in [0.29, 0.717) is 12.2 Å². The molecule has 7 heteroatoms. The molecule has 28 heavy (non-hydrogen) atoms. The van der Waals surface area contributed by atoms with Gasteiger partial charge in [-0.2, -0.15) is 9.48 Å². The van der Waals surface area contributed by atoms with Crippen LogP contribution in [0.15, 0.2) is 71.6 Å². The van der Waals surface area contributed by atoms with Gasteiger partial charge in [0, 0.05) is 36.4 Å². The van der Waals surface area contributed by atoms with Crippen molar-refractivity contribution in [3.05, 3.63) is 78.2 Å². The van der Waals surface area contributed by atoms with E-state index in [1.54, 1.807) is 30.6 Å². The highest BCUT2D eigenvalue weighted by atomic mass is 19.1. The lowest BCUT2D eigenvalue weighted by atomic mass is 9.82. The Morgan fingerprint density at radius 2 is 1.89 bits per heavy atom. The van der Waals surface area contributed by atoms with Crippen LogP contribution in [0.3, 0.4) is 0 Å². The zero-order valence-electron chi connectivity index (χ0n) is 15.8. The molecule has 0 aliphatic carbocycles. The molecule has 0 fully saturated rings. The summed E-state index contributed by atoms with van der Waals surface area (Å²) in [5.74, 6) is 0.682. The molecule has 1 atom stereocenters. The van der Waals surface area contributed by atoms with Crippen LogP contribution < -0.4 is 16.0 Å². The highest BCUT2D eigenvalue weighted by Crippen LogP contribution is 2.43. The molecular weight excluding hydrogens is 355 g/mol. The molecule has 0 spiro atoms. The standard InChI is InChI=1S/C21H22FN6/c1-21(2,13-23)14-8-10-28(16-5-3-15(22)4-6-16)18(12-26-19(28)11-14)17-7-9-25-20(24)27-17/h3-12H,13,23H2,1-2H3,(H2,24,25,27)/q+1. The van der Waals surface area contributed by atoms with Gasteiger partial charge in [-0.05, 0) is 29.8 Å². The summed E-state index contributed by atoms with van der Waals surface area (Å²) >= 11 is 0. The molecule has 142 valence electrons. The fraction of sp³-hybridized carbons (Fsp3) is 0.190. The van der Waals surface area contributed by atoms with Gasteiger partial charge in [0.15, 0.2) is 5.70 Å². The highest BCUT2D eigenvalue weighted by Gasteiger charge is 2.46. The molecule has 0 radical (unpaired) electrons. The Balaban J connectivity index is 1.89. The number of aliphatic imine (C=N–C) groups is 1. The van der Waals surface area contributed by atoms with E-state index in [4.69, 9.17) is 11.5 Å². The van der Waals surface area contributed by atoms with E-state index in [9.17, 15) is 4.39 Å². The minimum Gasteiger partial charge on any atom is -0.368 e. The van der Waals surface area contributed by atoms with Crippen LogP contribution in [0, 0.1) is 11.2 Å². The molecule has 2 aromatic rings. The second-order valence-electron chi connectivity index (χ2n) is 7.50. The van der Waals surface area contributed by atoms with Gasteiger partial charge in [-0.1, -0.05) is 13.8 Å². The summed E-state index contributed by atoms with van der Waals surface area (Å²) in [5, 5.41) is 0. The number of quaternary nitrogens is 1. The van der Waals surface area contributed by atoms with Gasteiger partial charge in [0.2, 0.25) is 11.8 Å². The van der Waals surface area contributed by atoms with E-state index in [-0.39, 0.29) is 21.7 Å². The Morgan fingerprint density at radius 1 is 1.14 bits per heavy atom. The predicted molar refractivity (Wildman–Crippen MR) is 110 cm³/mol. The van der Waals surface area contributed by atoms with Gasteiger partial charge in [-0.3, -0.25) is 0 Å². The number of anilines is 1. The van der Waals surface area contributed by atoms with E-state index in [2.05, 4.69) is 34.9 Å². The molecule has 0 bridgehead atoms. The van der Waals surface area contributed by atoms with Crippen molar-refractivity contribution in [1.29, 1.82) is 0 Å². The van der Waals surface area contributed by atoms with Gasteiger partial charge in [-0.15, -0.1) is 0 Å². The van der Waals surface area contributed by atoms with E-state index < -0.39 is 0 Å². The third-order valence-corrected chi connectivity index (χ3v) is 5.29. The summed E-state index contributed by atoms with van der Waals surface area (Å²) in [4.78, 5) is 13.0. The number of hydrogen-bond acceptors (Lipinski definition) is 5. The van der Waals surface area contributed by atoms with Crippen molar-refractivity contribution in [2.45, 2.75) is 13.8 Å². The highest BCUT2D eigenvalue weighted by molar-refractivity contribution is 6.14. The van der Waals surface area contributed by atoms with Gasteiger partial charge in [0.25, 0.3) is 0 Å². The second-order valence-corrected chi connectivity index (χ2v) is 7.50. The van der Waals surface area contributed by atoms with Crippen molar-refractivity contribution in [2.24, 2.45) is 16.1 Å². The topological polar surface area (TPSA) is 90.2 Å². The molecule has 0 saturated heterocycles. The third-order valence-electron chi connectivity index (χ3n) is 5.29. The largest absolute Gasteiger partial charge is 0.368 e. The predicted octanol–water partition coefficient (Wildman–Crippen LogP) is 3.35. The number of nitrogen functional groups attached to an aromatic ring is 1. The quantitative estimate of drug-likeness (QED) is 0.800. The molecule has 2 aliphatic rings. The number of nitrogens with zero attached hydrogens (tertiary/aromatic N) is 4. The van der Waals surface area contributed by atoms with Crippen molar-refractivity contribution < 1.29 is 4.39 Å². The van der Waals surface area contributed by atoms with Gasteiger partial charge < -0.3 is 11.5 Å². The number of hydrogen-bond donors (Lipinski definition) is 2. The summed E-state index contributed by atoms with van der Waals surface area (Å²) in [6.07, 6.45) is 9.53. The number of fused-ring (bicyclic) bond motifs is 1. The minimum absolute atomic E-state index is 0.186. The maximum atomic E-state index is 13.6. The van der Waals surface area contributed by atoms with Crippen LogP contribution >= 0.6 is 0 Å². The summed E-state index contributed by atoms with van der Waals surface area (Å²) in [6, 6.07) is 8.20. The summed E-state index contributed by atoms with van der Waals surface area (Å²) in [7, 11) is 0. The molecular formula is C21H22FN6+. The first-order chi connectivity index (χ1) is 13.4. The van der Waals surface area contributed by atoms with Crippen LogP contribution in [-0.4, -0.2) is 22.3 Å². The van der Waals surface area contributed by atoms with Crippen molar-refractivity contribution in [1.82, 2.24) is 14.5 Å². The fourth-order valence-electron chi connectivity index (χ4n) is 3.44. The molecule has 0 amide bonds. The summed E-state index contributed by atoms with van der Waals surface area (Å²) in [5.41, 5.74) is 15.0. The number of halogens is 1. The SMILES string of the molecule is CC(C)(CN)C1=CC2=NC=C(c3ccnc(N)n3)[N+]2(c2ccc(F)cc2)C=C1. The number of allylic oxidation sites excluding steroid dienone is 1. The Labute approximate surface area is 163 Å². The zero-order valence-corrected chi connectivity index (χ0v) is 15.8. The normalized spacial score (nSPS) is 21.1. The van der Waals surface area contributed by atoms with Gasteiger partial charge in [0.05, 0.1) is 6.20 Å². The van der Waals surface area contributed by atoms with Crippen molar-refractivity contribution in [3.63, 3.8) is 0 Å². The first kappa shape index (κ1) is 18.2. The number of nitrogens with two attached hydrogens (primary N) is 2. The smallest absolute Gasteiger partial charge is 0.243 e. The maximum Gasteiger partial charge on any atom is 0.243 e. The monoisotopic (exact) mass is 377 g/mol. The Hall–Kier alpha value is -3.16. The van der Waals surface area contributed by atoms with Gasteiger partial charge in [0.1, 0.15) is 23.4 Å². The Morgan fingerprint density at radius 3 is 2.57 bits per heavy atom. The first-order valence-corrected chi connectivity index (χ1v) is 9.01. The average molecular weight is 377 g/mol. The lowest BCUT2D eigenvalue weighted by Crippen LogP contribution is -2.47. The van der Waals surface area contributed by atoms with Gasteiger partial charge >= 0.3 is 0 Å². The number of benzene rings is 1. The number of aromatic nitrogens is 2. The minimum atomic E-state index is -0.294. The van der Waals surface area contributed by atoms with Crippen LogP contribution in [-0.2, 0) is 0 Å². The molecule has 0 saturated carbocycles. The van der Waals surface area contributed by atoms with E-state index in [1.165, 1.54) is 12.1 Å². The summed E-state index contributed by atoms with van der Waals surface area (Å²) in [6.45, 7) is 4.70. The van der Waals surface area contributed by atoms with Crippen molar-refractivity contribution >= 4 is 23.2 Å². The molecule has 6 nitrogen and oxygen atoms in total. The van der Waals surface area contributed by atoms with E-state index >= 15 is 0 Å². The van der Waals surface area contributed by atoms with Crippen LogP contribution in [0.2, 0.25) is 0 Å².